The second-order valence-corrected chi connectivity index (χ2v) is 9.55. The number of aliphatic hydroxyl groups is 2. The monoisotopic (exact) mass is 428 g/mol. The van der Waals surface area contributed by atoms with E-state index in [1.807, 2.05) is 0 Å². The third kappa shape index (κ3) is 6.75. The first-order chi connectivity index (χ1) is 11.9. The third-order valence-electron chi connectivity index (χ3n) is 2.85. The van der Waals surface area contributed by atoms with E-state index in [4.69, 9.17) is 10.2 Å². The summed E-state index contributed by atoms with van der Waals surface area (Å²) in [6.45, 7) is -1.52. The van der Waals surface area contributed by atoms with Gasteiger partial charge >= 0.3 is 27.6 Å². The molecule has 0 aromatic rings. The maximum absolute atomic E-state index is 12.6. The number of esters is 2. The number of hydrogen-bond acceptors (Lipinski definition) is 9. The van der Waals surface area contributed by atoms with Gasteiger partial charge in [-0.1, -0.05) is 6.08 Å². The maximum atomic E-state index is 12.6. The Hall–Kier alpha value is -1.35. The molecule has 0 saturated carbocycles. The Labute approximate surface area is 149 Å². The molecule has 0 aliphatic carbocycles. The van der Waals surface area contributed by atoms with Crippen LogP contribution in [0.5, 0.6) is 0 Å². The van der Waals surface area contributed by atoms with Gasteiger partial charge in [-0.2, -0.15) is 21.6 Å². The van der Waals surface area contributed by atoms with Crippen molar-refractivity contribution in [3.05, 3.63) is 11.6 Å². The molecule has 0 amide bonds. The first-order valence-corrected chi connectivity index (χ1v) is 10.2. The summed E-state index contributed by atoms with van der Waals surface area (Å²) < 4.78 is 73.5. The lowest BCUT2D eigenvalue weighted by molar-refractivity contribution is -0.144. The fourth-order valence-corrected chi connectivity index (χ4v) is 5.90. The lowest BCUT2D eigenvalue weighted by atomic mass is 10.2. The Morgan fingerprint density at radius 1 is 1.00 bits per heavy atom. The summed E-state index contributed by atoms with van der Waals surface area (Å²) in [6.07, 6.45) is 0.796. The molecular weight excluding hydrogens is 409 g/mol. The Balaban J connectivity index is 5.98. The highest BCUT2D eigenvalue weighted by molar-refractivity contribution is 8.33. The standard InChI is InChI=1S/C12H19F3O9S2/c1-22-10(18)9(11(19)23-2)3-6-25(7-4-16,8-5-17)24-26(20,21)12(13,14)15/h3,16-17H,4-8H2,1-2H3. The van der Waals surface area contributed by atoms with Gasteiger partial charge in [0.15, 0.2) is 0 Å². The molecule has 0 heterocycles. The molecule has 0 spiro atoms. The zero-order valence-electron chi connectivity index (χ0n) is 13.8. The molecule has 0 rings (SSSR count). The highest BCUT2D eigenvalue weighted by Gasteiger charge is 2.50. The molecule has 0 aliphatic rings. The van der Waals surface area contributed by atoms with Gasteiger partial charge in [-0.3, -0.25) is 0 Å². The number of alkyl halides is 3. The summed E-state index contributed by atoms with van der Waals surface area (Å²) in [5.74, 6) is -4.12. The molecule has 0 fully saturated rings. The zero-order chi connectivity index (χ0) is 20.6. The number of carbonyl (C=O) groups excluding carboxylic acids is 2. The van der Waals surface area contributed by atoms with E-state index < -0.39 is 73.9 Å². The van der Waals surface area contributed by atoms with Crippen molar-refractivity contribution in [3.63, 3.8) is 0 Å². The second-order valence-electron chi connectivity index (χ2n) is 4.56. The number of rotatable bonds is 10. The van der Waals surface area contributed by atoms with Crippen LogP contribution in [-0.4, -0.2) is 80.8 Å². The minimum Gasteiger partial charge on any atom is -0.465 e. The summed E-state index contributed by atoms with van der Waals surface area (Å²) in [5.41, 5.74) is -6.43. The van der Waals surface area contributed by atoms with Crippen molar-refractivity contribution in [2.24, 2.45) is 0 Å². The van der Waals surface area contributed by atoms with Crippen LogP contribution in [0, 0.1) is 0 Å². The number of hydrogen-bond donors (Lipinski definition) is 2. The van der Waals surface area contributed by atoms with Gasteiger partial charge in [0.25, 0.3) is 0 Å². The molecule has 9 nitrogen and oxygen atoms in total. The Morgan fingerprint density at radius 2 is 1.42 bits per heavy atom. The van der Waals surface area contributed by atoms with Crippen molar-refractivity contribution < 1.29 is 54.5 Å². The number of carbonyl (C=O) groups is 2. The van der Waals surface area contributed by atoms with Crippen LogP contribution < -0.4 is 0 Å². The number of methoxy groups -OCH3 is 2. The van der Waals surface area contributed by atoms with Crippen LogP contribution in [0.2, 0.25) is 0 Å². The van der Waals surface area contributed by atoms with Crippen molar-refractivity contribution in [1.29, 1.82) is 0 Å². The third-order valence-corrected chi connectivity index (χ3v) is 7.91. The van der Waals surface area contributed by atoms with E-state index >= 15 is 0 Å². The van der Waals surface area contributed by atoms with Gasteiger partial charge in [0, 0.05) is 17.3 Å². The highest BCUT2D eigenvalue weighted by Crippen LogP contribution is 2.52. The Kier molecular flexibility index (Phi) is 9.58. The molecule has 0 atom stereocenters. The summed E-state index contributed by atoms with van der Waals surface area (Å²) in [4.78, 5) is 23.1. The van der Waals surface area contributed by atoms with Gasteiger partial charge in [-0.25, -0.2) is 13.2 Å². The van der Waals surface area contributed by atoms with E-state index in [1.54, 1.807) is 0 Å². The summed E-state index contributed by atoms with van der Waals surface area (Å²) in [7, 11) is -7.49. The van der Waals surface area contributed by atoms with Crippen LogP contribution in [0.1, 0.15) is 0 Å². The van der Waals surface area contributed by atoms with Crippen LogP contribution in [-0.2, 0) is 32.8 Å². The van der Waals surface area contributed by atoms with Crippen LogP contribution in [0.4, 0.5) is 13.2 Å². The maximum Gasteiger partial charge on any atom is 0.523 e. The molecule has 14 heteroatoms. The van der Waals surface area contributed by atoms with E-state index in [1.165, 1.54) is 0 Å². The van der Waals surface area contributed by atoms with Crippen molar-refractivity contribution in [1.82, 2.24) is 0 Å². The molecule has 154 valence electrons. The van der Waals surface area contributed by atoms with E-state index in [-0.39, 0.29) is 0 Å². The van der Waals surface area contributed by atoms with E-state index in [0.29, 0.717) is 0 Å². The minimum absolute atomic E-state index is 0.561. The number of ether oxygens (including phenoxy) is 2. The van der Waals surface area contributed by atoms with E-state index in [2.05, 4.69) is 13.1 Å². The topological polar surface area (TPSA) is 136 Å². The normalized spacial score (nSPS) is 13.0. The van der Waals surface area contributed by atoms with Gasteiger partial charge in [0.1, 0.15) is 5.57 Å². The molecule has 0 bridgehead atoms. The number of aliphatic hydroxyl groups excluding tert-OH is 2. The van der Waals surface area contributed by atoms with Gasteiger partial charge in [-0.05, 0) is 0 Å². The fourth-order valence-electron chi connectivity index (χ4n) is 1.63. The van der Waals surface area contributed by atoms with Crippen molar-refractivity contribution >= 4 is 32.4 Å². The molecule has 0 aromatic heterocycles. The zero-order valence-corrected chi connectivity index (χ0v) is 15.4. The number of halogens is 3. The van der Waals surface area contributed by atoms with Crippen LogP contribution in [0.25, 0.3) is 0 Å². The minimum atomic E-state index is -6.05. The van der Waals surface area contributed by atoms with Gasteiger partial charge in [0.2, 0.25) is 0 Å². The van der Waals surface area contributed by atoms with Crippen LogP contribution in [0.15, 0.2) is 11.6 Å². The Bertz CT molecular complexity index is 604. The molecule has 0 unspecified atom stereocenters. The van der Waals surface area contributed by atoms with Crippen molar-refractivity contribution in [2.75, 3.05) is 44.7 Å². The van der Waals surface area contributed by atoms with E-state index in [9.17, 15) is 31.2 Å². The molecule has 26 heavy (non-hydrogen) atoms. The lowest BCUT2D eigenvalue weighted by Crippen LogP contribution is -2.31. The molecule has 2 N–H and O–H groups in total. The van der Waals surface area contributed by atoms with Crippen molar-refractivity contribution in [2.45, 2.75) is 5.51 Å². The SMILES string of the molecule is COC(=O)C(=CCS(CCO)(CCO)OS(=O)(=O)C(F)(F)F)C(=O)OC. The summed E-state index contributed by atoms with van der Waals surface area (Å²) >= 11 is 0. The molecule has 0 aromatic carbocycles. The molecule has 0 aliphatic heterocycles. The largest absolute Gasteiger partial charge is 0.523 e. The smallest absolute Gasteiger partial charge is 0.465 e. The molecule has 0 radical (unpaired) electrons. The highest BCUT2D eigenvalue weighted by atomic mass is 32.3. The molecular formula is C12H19F3O9S2. The average Bonchev–Trinajstić information content (AvgIpc) is 2.53. The Morgan fingerprint density at radius 3 is 1.73 bits per heavy atom. The molecule has 0 saturated heterocycles. The predicted octanol–water partition coefficient (Wildman–Crippen LogP) is -0.171. The van der Waals surface area contributed by atoms with E-state index in [0.717, 1.165) is 20.3 Å². The summed E-state index contributed by atoms with van der Waals surface area (Å²) in [5, 5.41) is 18.2. The van der Waals surface area contributed by atoms with Gasteiger partial charge in [0.05, 0.1) is 27.4 Å². The van der Waals surface area contributed by atoms with Gasteiger partial charge in [-0.15, -0.1) is 10.3 Å². The predicted molar refractivity (Wildman–Crippen MR) is 84.5 cm³/mol. The van der Waals surface area contributed by atoms with Gasteiger partial charge < -0.3 is 19.7 Å². The first kappa shape index (κ1) is 24.7. The average molecular weight is 428 g/mol. The second kappa shape index (κ2) is 10.1. The quantitative estimate of drug-likeness (QED) is 0.160. The lowest BCUT2D eigenvalue weighted by Gasteiger charge is -2.36. The summed E-state index contributed by atoms with van der Waals surface area (Å²) in [6, 6.07) is 0. The van der Waals surface area contributed by atoms with Crippen LogP contribution >= 0.6 is 10.3 Å². The fraction of sp³-hybridized carbons (Fsp3) is 0.667. The first-order valence-electron chi connectivity index (χ1n) is 6.77. The van der Waals surface area contributed by atoms with Crippen LogP contribution in [0.3, 0.4) is 0 Å². The van der Waals surface area contributed by atoms with Crippen molar-refractivity contribution in [3.8, 4) is 0 Å².